The van der Waals surface area contributed by atoms with Crippen molar-refractivity contribution in [1.82, 2.24) is 5.32 Å². The third-order valence-electron chi connectivity index (χ3n) is 8.89. The van der Waals surface area contributed by atoms with Crippen molar-refractivity contribution in [2.75, 3.05) is 25.6 Å². The van der Waals surface area contributed by atoms with Gasteiger partial charge in [0.25, 0.3) is 0 Å². The normalized spacial score (nSPS) is 29.6. The van der Waals surface area contributed by atoms with Gasteiger partial charge in [0.2, 0.25) is 5.91 Å². The van der Waals surface area contributed by atoms with Gasteiger partial charge in [-0.2, -0.15) is 0 Å². The number of ether oxygens (including phenoxy) is 4. The number of methoxy groups -OCH3 is 1. The van der Waals surface area contributed by atoms with E-state index in [4.69, 9.17) is 18.9 Å². The minimum absolute atomic E-state index is 0.000526. The Morgan fingerprint density at radius 1 is 1.14 bits per heavy atom. The van der Waals surface area contributed by atoms with Gasteiger partial charge in [-0.25, -0.2) is 4.79 Å². The molecule has 9 heteroatoms. The number of epoxide rings is 2. The van der Waals surface area contributed by atoms with Crippen molar-refractivity contribution in [3.8, 4) is 0 Å². The monoisotopic (exact) mass is 584 g/mol. The first-order valence-electron chi connectivity index (χ1n) is 15.3. The zero-order chi connectivity index (χ0) is 30.5. The van der Waals surface area contributed by atoms with Gasteiger partial charge in [-0.1, -0.05) is 37.6 Å². The van der Waals surface area contributed by atoms with E-state index in [-0.39, 0.29) is 53.0 Å². The third-order valence-corrected chi connectivity index (χ3v) is 8.89. The van der Waals surface area contributed by atoms with E-state index < -0.39 is 6.09 Å². The molecule has 2 aliphatic heterocycles. The Bertz CT molecular complexity index is 1140. The molecule has 2 heterocycles. The van der Waals surface area contributed by atoms with Crippen molar-refractivity contribution in [2.24, 2.45) is 11.8 Å². The molecular formula is C33H48N2O7. The van der Waals surface area contributed by atoms with E-state index in [0.717, 1.165) is 18.4 Å². The minimum atomic E-state index is -0.462. The van der Waals surface area contributed by atoms with E-state index >= 15 is 0 Å². The molecule has 3 aliphatic rings. The third kappa shape index (κ3) is 7.99. The van der Waals surface area contributed by atoms with Crippen molar-refractivity contribution in [1.29, 1.82) is 0 Å². The number of benzene rings is 1. The molecule has 2 saturated heterocycles. The van der Waals surface area contributed by atoms with Crippen LogP contribution in [0.4, 0.5) is 10.5 Å². The summed E-state index contributed by atoms with van der Waals surface area (Å²) in [4.78, 5) is 36.7. The Labute approximate surface area is 250 Å². The van der Waals surface area contributed by atoms with Crippen LogP contribution >= 0.6 is 0 Å². The highest BCUT2D eigenvalue weighted by Crippen LogP contribution is 2.59. The summed E-state index contributed by atoms with van der Waals surface area (Å²) in [6, 6.07) is 7.54. The van der Waals surface area contributed by atoms with Crippen LogP contribution in [0, 0.1) is 11.8 Å². The van der Waals surface area contributed by atoms with Crippen molar-refractivity contribution in [3.63, 3.8) is 0 Å². The van der Waals surface area contributed by atoms with Gasteiger partial charge >= 0.3 is 6.09 Å². The van der Waals surface area contributed by atoms with Crippen LogP contribution in [0.15, 0.2) is 35.9 Å². The number of carbonyl (C=O) groups is 3. The fourth-order valence-electron chi connectivity index (χ4n) is 6.25. The first-order chi connectivity index (χ1) is 20.0. The van der Waals surface area contributed by atoms with Crippen molar-refractivity contribution in [2.45, 2.75) is 109 Å². The zero-order valence-corrected chi connectivity index (χ0v) is 26.0. The minimum Gasteiger partial charge on any atom is -0.443 e. The zero-order valence-electron chi connectivity index (χ0n) is 26.0. The number of amides is 2. The molecule has 42 heavy (non-hydrogen) atoms. The van der Waals surface area contributed by atoms with Crippen LogP contribution in [0.5, 0.6) is 0 Å². The molecule has 0 bridgehead atoms. The Hall–Kier alpha value is -2.75. The summed E-state index contributed by atoms with van der Waals surface area (Å²) < 4.78 is 24.1. The van der Waals surface area contributed by atoms with Crippen LogP contribution in [-0.2, 0) is 35.0 Å². The molecule has 9 nitrogen and oxygen atoms in total. The number of nitrogens with one attached hydrogen (secondary N) is 2. The summed E-state index contributed by atoms with van der Waals surface area (Å²) in [6.07, 6.45) is 5.39. The molecular weight excluding hydrogens is 536 g/mol. The summed E-state index contributed by atoms with van der Waals surface area (Å²) in [6.45, 7) is 11.2. The van der Waals surface area contributed by atoms with Gasteiger partial charge in [0.1, 0.15) is 29.2 Å². The average Bonchev–Trinajstić information content (AvgIpc) is 3.86. The van der Waals surface area contributed by atoms with Crippen LogP contribution in [0.3, 0.4) is 0 Å². The predicted molar refractivity (Wildman–Crippen MR) is 160 cm³/mol. The molecule has 2 amide bonds. The molecule has 1 saturated carbocycles. The highest BCUT2D eigenvalue weighted by atomic mass is 16.6. The van der Waals surface area contributed by atoms with Crippen molar-refractivity contribution < 1.29 is 33.3 Å². The van der Waals surface area contributed by atoms with Gasteiger partial charge < -0.3 is 29.6 Å². The number of Topliss-reactive ketones (excluding diaryl/α,β-unsaturated/α-hetero) is 1. The van der Waals surface area contributed by atoms with E-state index in [1.807, 2.05) is 38.1 Å². The molecule has 1 spiro atoms. The Balaban J connectivity index is 1.21. The highest BCUT2D eigenvalue weighted by molar-refractivity contribution is 5.91. The maximum Gasteiger partial charge on any atom is 0.407 e. The molecule has 2 N–H and O–H groups in total. The number of alkyl carbamates (subject to hydrolysis) is 1. The van der Waals surface area contributed by atoms with E-state index in [9.17, 15) is 14.4 Å². The number of allylic oxidation sites excluding steroid dienone is 1. The van der Waals surface area contributed by atoms with E-state index in [2.05, 4.69) is 37.5 Å². The predicted octanol–water partition coefficient (Wildman–Crippen LogP) is 5.37. The Morgan fingerprint density at radius 3 is 2.48 bits per heavy atom. The van der Waals surface area contributed by atoms with Crippen molar-refractivity contribution in [3.05, 3.63) is 41.5 Å². The lowest BCUT2D eigenvalue weighted by Crippen LogP contribution is -2.56. The van der Waals surface area contributed by atoms with Crippen molar-refractivity contribution >= 4 is 23.5 Å². The SMILES string of the molecule is CO[C@@H]1[C@H](OC(=O)NCCc2ccc(NC(=O)CCCC(=O)C(C)C)cc2)CC[C@]2(CO2)[C@H]1[C@]1(C)O[C@@H]1CC=C(C)C. The van der Waals surface area contributed by atoms with Crippen LogP contribution < -0.4 is 10.6 Å². The van der Waals surface area contributed by atoms with Gasteiger partial charge in [-0.05, 0) is 70.6 Å². The molecule has 0 radical (unpaired) electrons. The second-order valence-corrected chi connectivity index (χ2v) is 12.7. The number of anilines is 1. The fraction of sp³-hybridized carbons (Fsp3) is 0.667. The van der Waals surface area contributed by atoms with Gasteiger partial charge in [0.15, 0.2) is 0 Å². The summed E-state index contributed by atoms with van der Waals surface area (Å²) in [5.74, 6) is 0.0606. The first-order valence-corrected chi connectivity index (χ1v) is 15.3. The first kappa shape index (κ1) is 32.2. The van der Waals surface area contributed by atoms with E-state index in [0.29, 0.717) is 50.9 Å². The summed E-state index contributed by atoms with van der Waals surface area (Å²) in [7, 11) is 1.67. The molecule has 232 valence electrons. The second kappa shape index (κ2) is 13.7. The van der Waals surface area contributed by atoms with Crippen LogP contribution in [0.2, 0.25) is 0 Å². The maximum atomic E-state index is 12.8. The quantitative estimate of drug-likeness (QED) is 0.223. The average molecular weight is 585 g/mol. The van der Waals surface area contributed by atoms with Gasteiger partial charge in [0, 0.05) is 38.1 Å². The lowest BCUT2D eigenvalue weighted by Gasteiger charge is -2.42. The highest BCUT2D eigenvalue weighted by Gasteiger charge is 2.72. The molecule has 1 aromatic carbocycles. The largest absolute Gasteiger partial charge is 0.443 e. The number of hydrogen-bond donors (Lipinski definition) is 2. The van der Waals surface area contributed by atoms with Crippen LogP contribution in [0.25, 0.3) is 0 Å². The molecule has 4 rings (SSSR count). The molecule has 0 aromatic heterocycles. The Morgan fingerprint density at radius 2 is 1.86 bits per heavy atom. The van der Waals surface area contributed by atoms with Gasteiger partial charge in [-0.15, -0.1) is 0 Å². The molecule has 6 atom stereocenters. The lowest BCUT2D eigenvalue weighted by atomic mass is 9.68. The second-order valence-electron chi connectivity index (χ2n) is 12.7. The molecule has 1 aliphatic carbocycles. The number of carbonyl (C=O) groups excluding carboxylic acids is 3. The number of rotatable bonds is 14. The Kier molecular flexibility index (Phi) is 10.5. The standard InChI is InChI=1S/C33H48N2O7/c1-21(2)10-15-27-32(5,42-27)30-29(39-6)26(16-18-33(30)20-40-33)41-31(38)34-19-17-23-11-13-24(14-12-23)35-28(37)9-7-8-25(36)22(3)4/h10-14,22,26-27,29-30H,7-9,15-20H2,1-6H3,(H,34,38)(H,35,37)/t26-,27-,29-,30-,32-,33+/m1/s1. The number of hydrogen-bond acceptors (Lipinski definition) is 7. The molecule has 3 fully saturated rings. The molecule has 0 unspecified atom stereocenters. The number of ketones is 1. The molecule has 1 aromatic rings. The summed E-state index contributed by atoms with van der Waals surface area (Å²) >= 11 is 0. The van der Waals surface area contributed by atoms with Crippen LogP contribution in [-0.4, -0.2) is 67.6 Å². The lowest BCUT2D eigenvalue weighted by molar-refractivity contribution is -0.122. The van der Waals surface area contributed by atoms with Gasteiger partial charge in [-0.3, -0.25) is 9.59 Å². The topological polar surface area (TPSA) is 119 Å². The van der Waals surface area contributed by atoms with Gasteiger partial charge in [0.05, 0.1) is 18.6 Å². The fourth-order valence-corrected chi connectivity index (χ4v) is 6.25. The summed E-state index contributed by atoms with van der Waals surface area (Å²) in [5, 5.41) is 5.75. The van der Waals surface area contributed by atoms with E-state index in [1.54, 1.807) is 7.11 Å². The summed E-state index contributed by atoms with van der Waals surface area (Å²) in [5.41, 5.74) is 2.36. The smallest absolute Gasteiger partial charge is 0.407 e. The van der Waals surface area contributed by atoms with Crippen LogP contribution in [0.1, 0.15) is 78.7 Å². The maximum absolute atomic E-state index is 12.8. The van der Waals surface area contributed by atoms with E-state index in [1.165, 1.54) is 5.57 Å².